The number of hydrogen-bond donors (Lipinski definition) is 1. The molecule has 2 aliphatic rings. The minimum absolute atomic E-state index is 0.212. The summed E-state index contributed by atoms with van der Waals surface area (Å²) in [5.41, 5.74) is 4.07. The fraction of sp³-hybridized carbons (Fsp3) is 0.417. The van der Waals surface area contributed by atoms with E-state index in [1.165, 1.54) is 5.69 Å². The number of ether oxygens (including phenoxy) is 2. The van der Waals surface area contributed by atoms with Crippen LogP contribution in [0.5, 0.6) is 5.75 Å². The van der Waals surface area contributed by atoms with Gasteiger partial charge in [0.25, 0.3) is 0 Å². The Balaban J connectivity index is 1.29. The van der Waals surface area contributed by atoms with Gasteiger partial charge >= 0.3 is 0 Å². The fourth-order valence-corrected chi connectivity index (χ4v) is 4.40. The highest BCUT2D eigenvalue weighted by molar-refractivity contribution is 5.85. The molecule has 5 rings (SSSR count). The van der Waals surface area contributed by atoms with Gasteiger partial charge in [-0.3, -0.25) is 4.98 Å². The van der Waals surface area contributed by atoms with Crippen LogP contribution in [0.25, 0.3) is 11.0 Å². The molecule has 0 radical (unpaired) electrons. The molecule has 1 saturated heterocycles. The molecule has 0 unspecified atom stereocenters. The number of fused-ring (bicyclic) bond motifs is 1. The molecule has 1 aromatic heterocycles. The monoisotopic (exact) mass is 404 g/mol. The molecule has 6 heteroatoms. The molecule has 1 saturated carbocycles. The van der Waals surface area contributed by atoms with E-state index in [2.05, 4.69) is 56.6 Å². The lowest BCUT2D eigenvalue weighted by Crippen LogP contribution is -2.36. The molecule has 30 heavy (non-hydrogen) atoms. The van der Waals surface area contributed by atoms with Crippen LogP contribution in [0.2, 0.25) is 0 Å². The van der Waals surface area contributed by atoms with Crippen molar-refractivity contribution in [3.63, 3.8) is 0 Å². The number of nitrogens with zero attached hydrogens (tertiary/aromatic N) is 3. The van der Waals surface area contributed by atoms with Gasteiger partial charge < -0.3 is 19.7 Å². The SMILES string of the molecule is c1ccc(N[C@H]2CC[C@@H](Oc3cc(N4CCOCC4)cc4nccnc34)CC2)cc1. The van der Waals surface area contributed by atoms with Crippen LogP contribution >= 0.6 is 0 Å². The predicted octanol–water partition coefficient (Wildman–Crippen LogP) is 4.27. The van der Waals surface area contributed by atoms with Crippen molar-refractivity contribution in [2.24, 2.45) is 0 Å². The molecule has 2 heterocycles. The second-order valence-corrected chi connectivity index (χ2v) is 8.07. The Hall–Kier alpha value is -2.86. The van der Waals surface area contributed by atoms with E-state index in [1.54, 1.807) is 12.4 Å². The number of rotatable bonds is 5. The molecule has 2 aromatic carbocycles. The highest BCUT2D eigenvalue weighted by Gasteiger charge is 2.24. The summed E-state index contributed by atoms with van der Waals surface area (Å²) in [5.74, 6) is 0.849. The molecule has 0 amide bonds. The third-order valence-electron chi connectivity index (χ3n) is 6.01. The molecule has 156 valence electrons. The predicted molar refractivity (Wildman–Crippen MR) is 119 cm³/mol. The Bertz CT molecular complexity index is 967. The van der Waals surface area contributed by atoms with Gasteiger partial charge in [-0.1, -0.05) is 18.2 Å². The van der Waals surface area contributed by atoms with Crippen LogP contribution in [0.15, 0.2) is 54.9 Å². The van der Waals surface area contributed by atoms with Gasteiger partial charge in [-0.05, 0) is 43.9 Å². The zero-order valence-electron chi connectivity index (χ0n) is 17.2. The van der Waals surface area contributed by atoms with E-state index in [0.717, 1.165) is 74.5 Å². The van der Waals surface area contributed by atoms with E-state index in [0.29, 0.717) is 6.04 Å². The first-order valence-electron chi connectivity index (χ1n) is 10.9. The Morgan fingerprint density at radius 1 is 0.933 bits per heavy atom. The van der Waals surface area contributed by atoms with Gasteiger partial charge in [0.2, 0.25) is 0 Å². The van der Waals surface area contributed by atoms with Crippen LogP contribution in [-0.4, -0.2) is 48.4 Å². The quantitative estimate of drug-likeness (QED) is 0.685. The summed E-state index contributed by atoms with van der Waals surface area (Å²) in [7, 11) is 0. The van der Waals surface area contributed by atoms with E-state index in [-0.39, 0.29) is 6.10 Å². The standard InChI is InChI=1S/C24H28N4O2/c1-2-4-18(5-3-1)27-19-6-8-21(9-7-19)30-23-17-20(28-12-14-29-15-13-28)16-22-24(23)26-11-10-25-22/h1-5,10-11,16-17,19,21,27H,6-9,12-15H2/t19-,21+. The number of aromatic nitrogens is 2. The van der Waals surface area contributed by atoms with E-state index in [1.807, 2.05) is 6.07 Å². The molecule has 2 fully saturated rings. The van der Waals surface area contributed by atoms with E-state index in [4.69, 9.17) is 9.47 Å². The number of benzene rings is 2. The molecular formula is C24H28N4O2. The van der Waals surface area contributed by atoms with Gasteiger partial charge in [-0.2, -0.15) is 0 Å². The second-order valence-electron chi connectivity index (χ2n) is 8.07. The minimum Gasteiger partial charge on any atom is -0.488 e. The van der Waals surface area contributed by atoms with Crippen molar-refractivity contribution in [3.8, 4) is 5.75 Å². The fourth-order valence-electron chi connectivity index (χ4n) is 4.40. The third-order valence-corrected chi connectivity index (χ3v) is 6.01. The van der Waals surface area contributed by atoms with Gasteiger partial charge in [-0.25, -0.2) is 4.98 Å². The number of nitrogens with one attached hydrogen (secondary N) is 1. The smallest absolute Gasteiger partial charge is 0.149 e. The Morgan fingerprint density at radius 2 is 1.70 bits per heavy atom. The van der Waals surface area contributed by atoms with Crippen LogP contribution < -0.4 is 15.0 Å². The van der Waals surface area contributed by atoms with E-state index in [9.17, 15) is 0 Å². The lowest BCUT2D eigenvalue weighted by atomic mass is 9.92. The maximum atomic E-state index is 6.51. The first kappa shape index (κ1) is 19.1. The van der Waals surface area contributed by atoms with Crippen molar-refractivity contribution in [2.75, 3.05) is 36.5 Å². The molecule has 0 spiro atoms. The van der Waals surface area contributed by atoms with Crippen LogP contribution in [0.3, 0.4) is 0 Å². The summed E-state index contributed by atoms with van der Waals surface area (Å²) in [6, 6.07) is 15.2. The summed E-state index contributed by atoms with van der Waals surface area (Å²) in [5, 5.41) is 3.65. The van der Waals surface area contributed by atoms with Crippen molar-refractivity contribution >= 4 is 22.4 Å². The molecule has 1 aliphatic carbocycles. The lowest BCUT2D eigenvalue weighted by molar-refractivity contribution is 0.122. The molecular weight excluding hydrogens is 376 g/mol. The number of hydrogen-bond acceptors (Lipinski definition) is 6. The lowest BCUT2D eigenvalue weighted by Gasteiger charge is -2.31. The maximum Gasteiger partial charge on any atom is 0.149 e. The highest BCUT2D eigenvalue weighted by atomic mass is 16.5. The molecule has 0 bridgehead atoms. The zero-order valence-corrected chi connectivity index (χ0v) is 17.2. The summed E-state index contributed by atoms with van der Waals surface area (Å²) < 4.78 is 12.0. The maximum absolute atomic E-state index is 6.51. The molecule has 0 atom stereocenters. The van der Waals surface area contributed by atoms with Gasteiger partial charge in [0.15, 0.2) is 0 Å². The summed E-state index contributed by atoms with van der Waals surface area (Å²) in [6.07, 6.45) is 7.98. The Labute approximate surface area is 177 Å². The van der Waals surface area contributed by atoms with E-state index >= 15 is 0 Å². The largest absolute Gasteiger partial charge is 0.488 e. The van der Waals surface area contributed by atoms with Crippen molar-refractivity contribution in [2.45, 2.75) is 37.8 Å². The second kappa shape index (κ2) is 8.88. The average molecular weight is 405 g/mol. The third kappa shape index (κ3) is 4.33. The molecule has 1 N–H and O–H groups in total. The van der Waals surface area contributed by atoms with Crippen LogP contribution in [0.1, 0.15) is 25.7 Å². The van der Waals surface area contributed by atoms with Crippen molar-refractivity contribution in [1.29, 1.82) is 0 Å². The normalized spacial score (nSPS) is 22.1. The summed E-state index contributed by atoms with van der Waals surface area (Å²) in [4.78, 5) is 11.4. The first-order valence-corrected chi connectivity index (χ1v) is 10.9. The van der Waals surface area contributed by atoms with Crippen LogP contribution in [0, 0.1) is 0 Å². The van der Waals surface area contributed by atoms with Gasteiger partial charge in [-0.15, -0.1) is 0 Å². The highest BCUT2D eigenvalue weighted by Crippen LogP contribution is 2.33. The van der Waals surface area contributed by atoms with Gasteiger partial charge in [0, 0.05) is 49.0 Å². The van der Waals surface area contributed by atoms with Crippen molar-refractivity contribution in [3.05, 3.63) is 54.9 Å². The molecule has 1 aliphatic heterocycles. The average Bonchev–Trinajstić information content (AvgIpc) is 2.81. The minimum atomic E-state index is 0.212. The number of para-hydroxylation sites is 1. The van der Waals surface area contributed by atoms with Gasteiger partial charge in [0.05, 0.1) is 24.8 Å². The first-order chi connectivity index (χ1) is 14.8. The molecule has 3 aromatic rings. The van der Waals surface area contributed by atoms with Crippen molar-refractivity contribution in [1.82, 2.24) is 9.97 Å². The van der Waals surface area contributed by atoms with E-state index < -0.39 is 0 Å². The van der Waals surface area contributed by atoms with Crippen molar-refractivity contribution < 1.29 is 9.47 Å². The topological polar surface area (TPSA) is 59.5 Å². The summed E-state index contributed by atoms with van der Waals surface area (Å²) >= 11 is 0. The van der Waals surface area contributed by atoms with Crippen LogP contribution in [-0.2, 0) is 4.74 Å². The zero-order chi connectivity index (χ0) is 20.2. The Kier molecular flexibility index (Phi) is 5.66. The number of morpholine rings is 1. The van der Waals surface area contributed by atoms with Gasteiger partial charge in [0.1, 0.15) is 11.3 Å². The van der Waals surface area contributed by atoms with Crippen LogP contribution in [0.4, 0.5) is 11.4 Å². The Morgan fingerprint density at radius 3 is 2.50 bits per heavy atom. The number of anilines is 2. The summed E-state index contributed by atoms with van der Waals surface area (Å²) in [6.45, 7) is 3.29. The molecule has 6 nitrogen and oxygen atoms in total.